The van der Waals surface area contributed by atoms with Gasteiger partial charge in [0.2, 0.25) is 0 Å². The van der Waals surface area contributed by atoms with E-state index in [0.29, 0.717) is 5.56 Å². The van der Waals surface area contributed by atoms with E-state index in [0.717, 1.165) is 20.3 Å². The first-order chi connectivity index (χ1) is 11.6. The molecule has 0 N–H and O–H groups in total. The van der Waals surface area contributed by atoms with Crippen LogP contribution in [0.4, 0.5) is 9.18 Å². The number of rotatable bonds is 4. The van der Waals surface area contributed by atoms with Crippen molar-refractivity contribution in [2.75, 3.05) is 14.2 Å². The highest BCUT2D eigenvalue weighted by Gasteiger charge is 2.21. The van der Waals surface area contributed by atoms with Crippen molar-refractivity contribution in [3.8, 4) is 0 Å². The Labute approximate surface area is 144 Å². The maximum absolute atomic E-state index is 13.7. The molecular weight excluding hydrogens is 333 g/mol. The van der Waals surface area contributed by atoms with Gasteiger partial charge in [0, 0.05) is 6.42 Å². The van der Waals surface area contributed by atoms with Crippen molar-refractivity contribution >= 4 is 23.7 Å². The number of halogens is 1. The summed E-state index contributed by atoms with van der Waals surface area (Å²) >= 11 is 0. The summed E-state index contributed by atoms with van der Waals surface area (Å²) in [5, 5.41) is 0. The Morgan fingerprint density at radius 2 is 1.76 bits per heavy atom. The molecule has 0 fully saturated rings. The second-order valence-electron chi connectivity index (χ2n) is 6.01. The molecule has 1 aromatic rings. The van der Waals surface area contributed by atoms with Crippen LogP contribution in [0.15, 0.2) is 23.2 Å². The highest BCUT2D eigenvalue weighted by atomic mass is 19.1. The van der Waals surface area contributed by atoms with Gasteiger partial charge in [0.25, 0.3) is 0 Å². The summed E-state index contributed by atoms with van der Waals surface area (Å²) in [6.45, 7) is 4.96. The lowest BCUT2D eigenvalue weighted by molar-refractivity contribution is -0.132. The molecule has 0 spiro atoms. The standard InChI is InChI=1S/C17H20FNO6/c1-17(2,3)25-16(22)19-13(15(21)24-5)9-10-6-7-12(18)11(8-10)14(20)23-4/h6-8H,9H2,1-5H3. The zero-order valence-electron chi connectivity index (χ0n) is 14.7. The number of aliphatic imine (C=N–C) groups is 1. The van der Waals surface area contributed by atoms with Gasteiger partial charge >= 0.3 is 18.0 Å². The molecule has 0 unspecified atom stereocenters. The first kappa shape index (κ1) is 20.3. The SMILES string of the molecule is COC(=O)C(Cc1ccc(F)c(C(=O)OC)c1)=NC(=O)OC(C)(C)C. The molecule has 0 atom stereocenters. The Balaban J connectivity index is 3.13. The first-order valence-electron chi connectivity index (χ1n) is 7.33. The number of nitrogens with zero attached hydrogens (tertiary/aromatic N) is 1. The van der Waals surface area contributed by atoms with E-state index in [1.165, 1.54) is 12.1 Å². The minimum Gasteiger partial charge on any atom is -0.465 e. The number of hydrogen-bond donors (Lipinski definition) is 0. The third-order valence-electron chi connectivity index (χ3n) is 2.85. The number of carbonyl (C=O) groups excluding carboxylic acids is 3. The van der Waals surface area contributed by atoms with Gasteiger partial charge in [0.15, 0.2) is 0 Å². The van der Waals surface area contributed by atoms with E-state index in [9.17, 15) is 18.8 Å². The number of amides is 1. The fourth-order valence-electron chi connectivity index (χ4n) is 1.81. The van der Waals surface area contributed by atoms with Crippen molar-refractivity contribution < 1.29 is 33.0 Å². The number of esters is 2. The van der Waals surface area contributed by atoms with Crippen LogP contribution in [0, 0.1) is 5.82 Å². The predicted octanol–water partition coefficient (Wildman–Crippen LogP) is 2.70. The van der Waals surface area contributed by atoms with E-state index >= 15 is 0 Å². The zero-order chi connectivity index (χ0) is 19.2. The molecule has 1 aromatic carbocycles. The maximum Gasteiger partial charge on any atom is 0.434 e. The molecular formula is C17H20FNO6. The molecule has 0 heterocycles. The Morgan fingerprint density at radius 1 is 1.12 bits per heavy atom. The van der Waals surface area contributed by atoms with Crippen LogP contribution in [-0.2, 0) is 25.4 Å². The molecule has 8 heteroatoms. The summed E-state index contributed by atoms with van der Waals surface area (Å²) in [6.07, 6.45) is -1.11. The Kier molecular flexibility index (Phi) is 6.78. The topological polar surface area (TPSA) is 91.3 Å². The summed E-state index contributed by atoms with van der Waals surface area (Å²) in [5.41, 5.74) is -0.939. The number of benzene rings is 1. The largest absolute Gasteiger partial charge is 0.465 e. The molecule has 0 aliphatic carbocycles. The van der Waals surface area contributed by atoms with Crippen LogP contribution in [0.3, 0.4) is 0 Å². The van der Waals surface area contributed by atoms with Gasteiger partial charge in [-0.3, -0.25) is 0 Å². The number of ether oxygens (including phenoxy) is 3. The summed E-state index contributed by atoms with van der Waals surface area (Å²) < 4.78 is 27.8. The number of methoxy groups -OCH3 is 2. The zero-order valence-corrected chi connectivity index (χ0v) is 14.7. The third-order valence-corrected chi connectivity index (χ3v) is 2.85. The van der Waals surface area contributed by atoms with Gasteiger partial charge in [-0.2, -0.15) is 4.99 Å². The quantitative estimate of drug-likeness (QED) is 0.469. The molecule has 7 nitrogen and oxygen atoms in total. The van der Waals surface area contributed by atoms with Crippen LogP contribution in [0.2, 0.25) is 0 Å². The van der Waals surface area contributed by atoms with E-state index in [1.807, 2.05) is 0 Å². The van der Waals surface area contributed by atoms with Crippen LogP contribution < -0.4 is 0 Å². The smallest absolute Gasteiger partial charge is 0.434 e. The van der Waals surface area contributed by atoms with Crippen molar-refractivity contribution in [2.24, 2.45) is 4.99 Å². The molecule has 0 aliphatic rings. The van der Waals surface area contributed by atoms with E-state index in [1.54, 1.807) is 20.8 Å². The van der Waals surface area contributed by atoms with Crippen LogP contribution in [0.1, 0.15) is 36.7 Å². The first-order valence-corrected chi connectivity index (χ1v) is 7.33. The second-order valence-corrected chi connectivity index (χ2v) is 6.01. The van der Waals surface area contributed by atoms with Gasteiger partial charge < -0.3 is 14.2 Å². The molecule has 136 valence electrons. The Hall–Kier alpha value is -2.77. The molecule has 25 heavy (non-hydrogen) atoms. The minimum atomic E-state index is -0.955. The van der Waals surface area contributed by atoms with Crippen molar-refractivity contribution in [2.45, 2.75) is 32.8 Å². The van der Waals surface area contributed by atoms with Crippen molar-refractivity contribution in [3.63, 3.8) is 0 Å². The number of hydrogen-bond acceptors (Lipinski definition) is 6. The summed E-state index contributed by atoms with van der Waals surface area (Å²) in [7, 11) is 2.26. The molecule has 1 amide bonds. The van der Waals surface area contributed by atoms with Gasteiger partial charge in [-0.15, -0.1) is 0 Å². The normalized spacial score (nSPS) is 11.7. The van der Waals surface area contributed by atoms with Gasteiger partial charge in [-0.25, -0.2) is 18.8 Å². The fourth-order valence-corrected chi connectivity index (χ4v) is 1.81. The summed E-state index contributed by atoms with van der Waals surface area (Å²) in [6, 6.07) is 3.63. The molecule has 0 saturated carbocycles. The molecule has 0 radical (unpaired) electrons. The second kappa shape index (κ2) is 8.36. The van der Waals surface area contributed by atoms with E-state index in [-0.39, 0.29) is 17.7 Å². The number of carbonyl (C=O) groups is 3. The molecule has 0 aliphatic heterocycles. The third kappa shape index (κ3) is 6.33. The van der Waals surface area contributed by atoms with Gasteiger partial charge in [0.1, 0.15) is 17.1 Å². The minimum absolute atomic E-state index is 0.157. The van der Waals surface area contributed by atoms with Crippen molar-refractivity contribution in [1.29, 1.82) is 0 Å². The Morgan fingerprint density at radius 3 is 2.28 bits per heavy atom. The maximum atomic E-state index is 13.7. The van der Waals surface area contributed by atoms with E-state index in [4.69, 9.17) is 4.74 Å². The summed E-state index contributed by atoms with van der Waals surface area (Å²) in [4.78, 5) is 38.8. The van der Waals surface area contributed by atoms with Crippen LogP contribution in [0.5, 0.6) is 0 Å². The van der Waals surface area contributed by atoms with Crippen molar-refractivity contribution in [1.82, 2.24) is 0 Å². The van der Waals surface area contributed by atoms with Gasteiger partial charge in [-0.1, -0.05) is 6.07 Å². The van der Waals surface area contributed by atoms with Crippen LogP contribution in [-0.4, -0.2) is 43.6 Å². The highest BCUT2D eigenvalue weighted by Crippen LogP contribution is 2.14. The lowest BCUT2D eigenvalue weighted by atomic mass is 10.0. The van der Waals surface area contributed by atoms with Gasteiger partial charge in [-0.05, 0) is 38.5 Å². The predicted molar refractivity (Wildman–Crippen MR) is 87.1 cm³/mol. The lowest BCUT2D eigenvalue weighted by Crippen LogP contribution is -2.25. The molecule has 0 bridgehead atoms. The fraction of sp³-hybridized carbons (Fsp3) is 0.412. The molecule has 0 saturated heterocycles. The Bertz CT molecular complexity index is 706. The van der Waals surface area contributed by atoms with Crippen LogP contribution in [0.25, 0.3) is 0 Å². The molecule has 1 rings (SSSR count). The van der Waals surface area contributed by atoms with E-state index < -0.39 is 29.5 Å². The van der Waals surface area contributed by atoms with Crippen LogP contribution >= 0.6 is 0 Å². The highest BCUT2D eigenvalue weighted by molar-refractivity contribution is 6.38. The van der Waals surface area contributed by atoms with E-state index in [2.05, 4.69) is 14.5 Å². The monoisotopic (exact) mass is 353 g/mol. The van der Waals surface area contributed by atoms with Crippen molar-refractivity contribution in [3.05, 3.63) is 35.1 Å². The van der Waals surface area contributed by atoms with Gasteiger partial charge in [0.05, 0.1) is 19.8 Å². The lowest BCUT2D eigenvalue weighted by Gasteiger charge is -2.17. The average molecular weight is 353 g/mol. The molecule has 0 aromatic heterocycles. The summed E-state index contributed by atoms with van der Waals surface area (Å²) in [5.74, 6) is -2.46. The average Bonchev–Trinajstić information content (AvgIpc) is 2.52.